The first-order chi connectivity index (χ1) is 11.0. The number of hydrogen-bond acceptors (Lipinski definition) is 2. The Morgan fingerprint density at radius 1 is 1.13 bits per heavy atom. The van der Waals surface area contributed by atoms with Crippen molar-refractivity contribution in [1.82, 2.24) is 5.32 Å². The van der Waals surface area contributed by atoms with Crippen molar-refractivity contribution in [2.24, 2.45) is 0 Å². The van der Waals surface area contributed by atoms with Gasteiger partial charge in [-0.25, -0.2) is 0 Å². The van der Waals surface area contributed by atoms with Crippen molar-refractivity contribution in [2.45, 2.75) is 38.6 Å². The molecule has 0 fully saturated rings. The minimum atomic E-state index is -0.449. The molecule has 2 aromatic rings. The van der Waals surface area contributed by atoms with E-state index in [2.05, 4.69) is 54.0 Å². The first-order valence-corrected chi connectivity index (χ1v) is 8.21. The maximum absolute atomic E-state index is 12.0. The van der Waals surface area contributed by atoms with Crippen LogP contribution in [-0.4, -0.2) is 12.5 Å². The number of rotatable bonds is 5. The minimum absolute atomic E-state index is 0.0781. The van der Waals surface area contributed by atoms with Gasteiger partial charge in [0.15, 0.2) is 0 Å². The molecule has 1 amide bonds. The molecule has 3 nitrogen and oxygen atoms in total. The summed E-state index contributed by atoms with van der Waals surface area (Å²) in [5.41, 5.74) is 4.16. The Bertz CT molecular complexity index is 707. The Morgan fingerprint density at radius 2 is 1.87 bits per heavy atom. The van der Waals surface area contributed by atoms with Gasteiger partial charge in [-0.2, -0.15) is 0 Å². The van der Waals surface area contributed by atoms with Crippen molar-refractivity contribution in [3.8, 4) is 0 Å². The molecule has 0 radical (unpaired) electrons. The number of hydrogen-bond donors (Lipinski definition) is 2. The molecule has 1 heterocycles. The second-order valence-corrected chi connectivity index (χ2v) is 6.80. The van der Waals surface area contributed by atoms with Gasteiger partial charge in [-0.3, -0.25) is 4.79 Å². The van der Waals surface area contributed by atoms with Crippen LogP contribution in [0.15, 0.2) is 48.5 Å². The van der Waals surface area contributed by atoms with E-state index in [-0.39, 0.29) is 11.9 Å². The summed E-state index contributed by atoms with van der Waals surface area (Å²) < 4.78 is 0. The molecule has 0 spiro atoms. The Hall–Kier alpha value is -2.13. The van der Waals surface area contributed by atoms with Gasteiger partial charge in [-0.05, 0) is 56.5 Å². The van der Waals surface area contributed by atoms with Gasteiger partial charge < -0.3 is 10.6 Å². The summed E-state index contributed by atoms with van der Waals surface area (Å²) in [6.07, 6.45) is 1.02. The average Bonchev–Trinajstić information content (AvgIpc) is 2.77. The molecule has 0 aromatic heterocycles. The van der Waals surface area contributed by atoms with Crippen molar-refractivity contribution in [3.63, 3.8) is 0 Å². The molecule has 0 aliphatic carbocycles. The molecule has 1 aliphatic rings. The highest BCUT2D eigenvalue weighted by Crippen LogP contribution is 2.38. The normalized spacial score (nSPS) is 16.7. The molecule has 1 unspecified atom stereocenters. The van der Waals surface area contributed by atoms with Crippen LogP contribution < -0.4 is 10.6 Å². The predicted molar refractivity (Wildman–Crippen MR) is 94.7 cm³/mol. The standard InChI is InChI=1S/C20H24N2O/c1-14(21-12-11-15-7-5-4-6-8-15)16-9-10-18-17(13-16)20(2,3)19(23)22-18/h4-10,13-14,21H,11-12H2,1-3H3,(H,22,23). The van der Waals surface area contributed by atoms with Crippen LogP contribution >= 0.6 is 0 Å². The molecule has 1 atom stereocenters. The third kappa shape index (κ3) is 3.15. The van der Waals surface area contributed by atoms with Gasteiger partial charge >= 0.3 is 0 Å². The number of benzene rings is 2. The van der Waals surface area contributed by atoms with Gasteiger partial charge in [-0.1, -0.05) is 42.5 Å². The fraction of sp³-hybridized carbons (Fsp3) is 0.350. The molecule has 3 rings (SSSR count). The lowest BCUT2D eigenvalue weighted by Gasteiger charge is -2.19. The second-order valence-electron chi connectivity index (χ2n) is 6.80. The van der Waals surface area contributed by atoms with E-state index in [1.807, 2.05) is 26.0 Å². The van der Waals surface area contributed by atoms with Gasteiger partial charge in [0.25, 0.3) is 0 Å². The van der Waals surface area contributed by atoms with Crippen molar-refractivity contribution >= 4 is 11.6 Å². The maximum Gasteiger partial charge on any atom is 0.234 e. The summed E-state index contributed by atoms with van der Waals surface area (Å²) in [6, 6.07) is 17.0. The highest BCUT2D eigenvalue weighted by Gasteiger charge is 2.38. The molecule has 0 saturated heterocycles. The third-order valence-corrected chi connectivity index (χ3v) is 4.74. The molecule has 2 N–H and O–H groups in total. The van der Waals surface area contributed by atoms with E-state index in [0.717, 1.165) is 24.2 Å². The van der Waals surface area contributed by atoms with Gasteiger partial charge in [0.05, 0.1) is 5.41 Å². The molecule has 0 saturated carbocycles. The number of fused-ring (bicyclic) bond motifs is 1. The summed E-state index contributed by atoms with van der Waals surface area (Å²) >= 11 is 0. The van der Waals surface area contributed by atoms with Crippen LogP contribution in [0.3, 0.4) is 0 Å². The zero-order valence-corrected chi connectivity index (χ0v) is 14.0. The largest absolute Gasteiger partial charge is 0.325 e. The number of anilines is 1. The lowest BCUT2D eigenvalue weighted by atomic mass is 9.85. The van der Waals surface area contributed by atoms with Crippen LogP contribution in [0.5, 0.6) is 0 Å². The Balaban J connectivity index is 1.66. The molecule has 0 bridgehead atoms. The van der Waals surface area contributed by atoms with E-state index < -0.39 is 5.41 Å². The minimum Gasteiger partial charge on any atom is -0.325 e. The molecular formula is C20H24N2O. The predicted octanol–water partition coefficient (Wildman–Crippen LogP) is 3.81. The lowest BCUT2D eigenvalue weighted by molar-refractivity contribution is -0.119. The first kappa shape index (κ1) is 15.8. The summed E-state index contributed by atoms with van der Waals surface area (Å²) in [6.45, 7) is 7.06. The zero-order chi connectivity index (χ0) is 16.4. The molecule has 2 aromatic carbocycles. The van der Waals surface area contributed by atoms with Crippen LogP contribution in [-0.2, 0) is 16.6 Å². The number of carbonyl (C=O) groups excluding carboxylic acids is 1. The van der Waals surface area contributed by atoms with Gasteiger partial charge in [-0.15, -0.1) is 0 Å². The van der Waals surface area contributed by atoms with E-state index in [4.69, 9.17) is 0 Å². The smallest absolute Gasteiger partial charge is 0.234 e. The third-order valence-electron chi connectivity index (χ3n) is 4.74. The number of amides is 1. The van der Waals surface area contributed by atoms with Crippen molar-refractivity contribution in [1.29, 1.82) is 0 Å². The first-order valence-electron chi connectivity index (χ1n) is 8.21. The van der Waals surface area contributed by atoms with E-state index in [1.165, 1.54) is 11.1 Å². The SMILES string of the molecule is CC(NCCc1ccccc1)c1ccc2c(c1)C(C)(C)C(=O)N2. The zero-order valence-electron chi connectivity index (χ0n) is 14.0. The van der Waals surface area contributed by atoms with Gasteiger partial charge in [0.1, 0.15) is 0 Å². The van der Waals surface area contributed by atoms with Gasteiger partial charge in [0.2, 0.25) is 5.91 Å². The number of nitrogens with one attached hydrogen (secondary N) is 2. The highest BCUT2D eigenvalue weighted by molar-refractivity contribution is 6.05. The van der Waals surface area contributed by atoms with Crippen LogP contribution in [0.2, 0.25) is 0 Å². The van der Waals surface area contributed by atoms with Gasteiger partial charge in [0, 0.05) is 11.7 Å². The van der Waals surface area contributed by atoms with Crippen molar-refractivity contribution < 1.29 is 4.79 Å². The van der Waals surface area contributed by atoms with Crippen LogP contribution in [0.25, 0.3) is 0 Å². The molecular weight excluding hydrogens is 284 g/mol. The topological polar surface area (TPSA) is 41.1 Å². The Labute approximate surface area is 138 Å². The van der Waals surface area contributed by atoms with E-state index in [9.17, 15) is 4.79 Å². The van der Waals surface area contributed by atoms with Crippen LogP contribution in [0.1, 0.15) is 43.5 Å². The highest BCUT2D eigenvalue weighted by atomic mass is 16.2. The fourth-order valence-corrected chi connectivity index (χ4v) is 3.05. The second kappa shape index (κ2) is 6.17. The van der Waals surface area contributed by atoms with Crippen LogP contribution in [0.4, 0.5) is 5.69 Å². The summed E-state index contributed by atoms with van der Waals surface area (Å²) in [5.74, 6) is 0.0781. The lowest BCUT2D eigenvalue weighted by Crippen LogP contribution is -2.27. The quantitative estimate of drug-likeness (QED) is 0.882. The molecule has 3 heteroatoms. The molecule has 120 valence electrons. The molecule has 23 heavy (non-hydrogen) atoms. The summed E-state index contributed by atoms with van der Waals surface area (Å²) in [4.78, 5) is 12.0. The van der Waals surface area contributed by atoms with E-state index in [0.29, 0.717) is 0 Å². The number of carbonyl (C=O) groups is 1. The van der Waals surface area contributed by atoms with Crippen molar-refractivity contribution in [3.05, 3.63) is 65.2 Å². The van der Waals surface area contributed by atoms with Crippen molar-refractivity contribution in [2.75, 3.05) is 11.9 Å². The fourth-order valence-electron chi connectivity index (χ4n) is 3.05. The van der Waals surface area contributed by atoms with E-state index in [1.54, 1.807) is 0 Å². The monoisotopic (exact) mass is 308 g/mol. The average molecular weight is 308 g/mol. The summed E-state index contributed by atoms with van der Waals surface area (Å²) in [5, 5.41) is 6.53. The van der Waals surface area contributed by atoms with E-state index >= 15 is 0 Å². The molecule has 1 aliphatic heterocycles. The summed E-state index contributed by atoms with van der Waals surface area (Å²) in [7, 11) is 0. The van der Waals surface area contributed by atoms with Crippen LogP contribution in [0, 0.1) is 0 Å². The Morgan fingerprint density at radius 3 is 2.61 bits per heavy atom. The Kier molecular flexibility index (Phi) is 4.22. The maximum atomic E-state index is 12.0.